The van der Waals surface area contributed by atoms with Crippen molar-refractivity contribution in [2.75, 3.05) is 12.9 Å². The Kier molecular flexibility index (Phi) is 5.24. The van der Waals surface area contributed by atoms with Crippen molar-refractivity contribution in [1.82, 2.24) is 5.32 Å². The molecule has 106 valence electrons. The van der Waals surface area contributed by atoms with Crippen molar-refractivity contribution in [3.63, 3.8) is 0 Å². The molecule has 0 spiro atoms. The number of benzene rings is 1. The number of hydrogen-bond donors (Lipinski definition) is 1. The van der Waals surface area contributed by atoms with E-state index in [1.54, 1.807) is 0 Å². The number of carbonyl (C=O) groups is 2. The summed E-state index contributed by atoms with van der Waals surface area (Å²) in [6.45, 7) is 0. The van der Waals surface area contributed by atoms with Crippen molar-refractivity contribution in [3.05, 3.63) is 46.5 Å². The van der Waals surface area contributed by atoms with E-state index in [0.717, 1.165) is 11.3 Å². The fourth-order valence-corrected chi connectivity index (χ4v) is 3.02. The zero-order valence-electron chi connectivity index (χ0n) is 11.3. The Hall–Kier alpha value is -1.75. The second kappa shape index (κ2) is 7.14. The molecule has 0 aromatic heterocycles. The van der Waals surface area contributed by atoms with Crippen LogP contribution in [-0.4, -0.2) is 24.7 Å². The van der Waals surface area contributed by atoms with Crippen LogP contribution in [0.1, 0.15) is 18.4 Å². The van der Waals surface area contributed by atoms with Gasteiger partial charge in [0.05, 0.1) is 7.11 Å². The summed E-state index contributed by atoms with van der Waals surface area (Å²) in [6.07, 6.45) is 1.81. The number of amides is 1. The highest BCUT2D eigenvalue weighted by atomic mass is 32.2. The van der Waals surface area contributed by atoms with Crippen LogP contribution >= 0.6 is 11.8 Å². The van der Waals surface area contributed by atoms with Crippen molar-refractivity contribution in [3.8, 4) is 0 Å². The minimum Gasteiger partial charge on any atom is -0.465 e. The van der Waals surface area contributed by atoms with Crippen LogP contribution in [0.4, 0.5) is 0 Å². The third-order valence-electron chi connectivity index (χ3n) is 3.02. The van der Waals surface area contributed by atoms with Crippen LogP contribution in [0.25, 0.3) is 0 Å². The molecule has 5 heteroatoms. The largest absolute Gasteiger partial charge is 0.465 e. The summed E-state index contributed by atoms with van der Waals surface area (Å²) in [5, 5.41) is 2.83. The molecule has 1 aliphatic rings. The summed E-state index contributed by atoms with van der Waals surface area (Å²) in [7, 11) is 1.35. The molecule has 0 radical (unpaired) electrons. The van der Waals surface area contributed by atoms with Gasteiger partial charge in [0.25, 0.3) is 0 Å². The predicted octanol–water partition coefficient (Wildman–Crippen LogP) is 2.26. The maximum Gasteiger partial charge on any atom is 0.346 e. The van der Waals surface area contributed by atoms with E-state index in [9.17, 15) is 9.59 Å². The Morgan fingerprint density at radius 3 is 2.75 bits per heavy atom. The van der Waals surface area contributed by atoms with Gasteiger partial charge in [-0.3, -0.25) is 4.79 Å². The van der Waals surface area contributed by atoms with Crippen LogP contribution in [0.2, 0.25) is 0 Å². The second-order valence-electron chi connectivity index (χ2n) is 4.43. The summed E-state index contributed by atoms with van der Waals surface area (Å²) in [5.74, 6) is 0.372. The van der Waals surface area contributed by atoms with Crippen molar-refractivity contribution in [1.29, 1.82) is 0 Å². The average molecular weight is 291 g/mol. The maximum absolute atomic E-state index is 11.9. The van der Waals surface area contributed by atoms with Crippen LogP contribution < -0.4 is 5.32 Å². The Morgan fingerprint density at radius 1 is 1.30 bits per heavy atom. The van der Waals surface area contributed by atoms with Gasteiger partial charge in [-0.15, -0.1) is 11.8 Å². The normalized spacial score (nSPS) is 14.2. The number of thioether (sulfide) groups is 1. The third kappa shape index (κ3) is 3.87. The highest BCUT2D eigenvalue weighted by molar-refractivity contribution is 8.04. The highest BCUT2D eigenvalue weighted by Crippen LogP contribution is 2.30. The molecular formula is C15H17NO3S. The molecule has 0 unspecified atom stereocenters. The van der Waals surface area contributed by atoms with E-state index < -0.39 is 0 Å². The van der Waals surface area contributed by atoms with Gasteiger partial charge >= 0.3 is 5.97 Å². The first-order chi connectivity index (χ1) is 9.70. The van der Waals surface area contributed by atoms with E-state index >= 15 is 0 Å². The number of aryl methyl sites for hydroxylation is 1. The van der Waals surface area contributed by atoms with Crippen LogP contribution in [0.15, 0.2) is 40.9 Å². The fourth-order valence-electron chi connectivity index (χ4n) is 1.98. The average Bonchev–Trinajstić information content (AvgIpc) is 2.93. The van der Waals surface area contributed by atoms with Crippen LogP contribution in [-0.2, 0) is 20.7 Å². The lowest BCUT2D eigenvalue weighted by atomic mass is 10.1. The lowest BCUT2D eigenvalue weighted by Gasteiger charge is -2.07. The number of hydrogen-bond acceptors (Lipinski definition) is 4. The molecule has 0 saturated carbocycles. The summed E-state index contributed by atoms with van der Waals surface area (Å²) in [6, 6.07) is 9.86. The van der Waals surface area contributed by atoms with E-state index in [0.29, 0.717) is 29.9 Å². The predicted molar refractivity (Wildman–Crippen MR) is 79.0 cm³/mol. The maximum atomic E-state index is 11.9. The first-order valence-corrected chi connectivity index (χ1v) is 7.47. The molecular weight excluding hydrogens is 274 g/mol. The lowest BCUT2D eigenvalue weighted by molar-refractivity contribution is -0.135. The first-order valence-electron chi connectivity index (χ1n) is 6.48. The van der Waals surface area contributed by atoms with Gasteiger partial charge in [0.2, 0.25) is 5.91 Å². The molecule has 1 amide bonds. The molecule has 0 atom stereocenters. The summed E-state index contributed by atoms with van der Waals surface area (Å²) in [5.41, 5.74) is 1.82. The molecule has 2 rings (SSSR count). The molecule has 1 aromatic rings. The van der Waals surface area contributed by atoms with Crippen LogP contribution in [0.3, 0.4) is 0 Å². The third-order valence-corrected chi connectivity index (χ3v) is 4.13. The molecule has 0 saturated heterocycles. The Balaban J connectivity index is 1.89. The number of methoxy groups -OCH3 is 1. The van der Waals surface area contributed by atoms with E-state index in [1.807, 2.05) is 30.3 Å². The molecule has 0 bridgehead atoms. The number of esters is 1. The summed E-state index contributed by atoms with van der Waals surface area (Å²) < 4.78 is 4.71. The summed E-state index contributed by atoms with van der Waals surface area (Å²) >= 11 is 1.43. The van der Waals surface area contributed by atoms with E-state index in [2.05, 4.69) is 5.32 Å². The SMILES string of the molecule is COC(=O)C1=C(NC(=O)CCc2ccccc2)CCS1. The van der Waals surface area contributed by atoms with Crippen molar-refractivity contribution in [2.24, 2.45) is 0 Å². The number of ether oxygens (including phenoxy) is 1. The van der Waals surface area contributed by atoms with E-state index in [-0.39, 0.29) is 11.9 Å². The Morgan fingerprint density at radius 2 is 2.05 bits per heavy atom. The Bertz CT molecular complexity index is 525. The molecule has 1 aliphatic heterocycles. The molecule has 4 nitrogen and oxygen atoms in total. The molecule has 1 N–H and O–H groups in total. The topological polar surface area (TPSA) is 55.4 Å². The monoisotopic (exact) mass is 291 g/mol. The van der Waals surface area contributed by atoms with Gasteiger partial charge in [-0.05, 0) is 18.4 Å². The second-order valence-corrected chi connectivity index (χ2v) is 5.54. The van der Waals surface area contributed by atoms with Gasteiger partial charge in [0, 0.05) is 17.9 Å². The van der Waals surface area contributed by atoms with Gasteiger partial charge in [-0.2, -0.15) is 0 Å². The van der Waals surface area contributed by atoms with Crippen molar-refractivity contribution >= 4 is 23.6 Å². The molecule has 0 aliphatic carbocycles. The number of carbonyl (C=O) groups excluding carboxylic acids is 2. The van der Waals surface area contributed by atoms with E-state index in [1.165, 1.54) is 18.9 Å². The lowest BCUT2D eigenvalue weighted by Crippen LogP contribution is -2.24. The van der Waals surface area contributed by atoms with E-state index in [4.69, 9.17) is 4.74 Å². The summed E-state index contributed by atoms with van der Waals surface area (Å²) in [4.78, 5) is 24.0. The smallest absolute Gasteiger partial charge is 0.346 e. The molecule has 20 heavy (non-hydrogen) atoms. The van der Waals surface area contributed by atoms with Crippen LogP contribution in [0.5, 0.6) is 0 Å². The minimum absolute atomic E-state index is 0.0623. The zero-order chi connectivity index (χ0) is 14.4. The van der Waals surface area contributed by atoms with Gasteiger partial charge in [-0.25, -0.2) is 4.79 Å². The molecule has 0 fully saturated rings. The minimum atomic E-state index is -0.370. The number of nitrogens with one attached hydrogen (secondary N) is 1. The van der Waals surface area contributed by atoms with Crippen LogP contribution in [0, 0.1) is 0 Å². The van der Waals surface area contributed by atoms with Gasteiger partial charge < -0.3 is 10.1 Å². The molecule has 1 heterocycles. The Labute approximate surface area is 122 Å². The highest BCUT2D eigenvalue weighted by Gasteiger charge is 2.23. The number of allylic oxidation sites excluding steroid dienone is 1. The molecule has 1 aromatic carbocycles. The van der Waals surface area contributed by atoms with Crippen molar-refractivity contribution < 1.29 is 14.3 Å². The van der Waals surface area contributed by atoms with Gasteiger partial charge in [-0.1, -0.05) is 30.3 Å². The number of rotatable bonds is 5. The zero-order valence-corrected chi connectivity index (χ0v) is 12.2. The first kappa shape index (κ1) is 14.7. The standard InChI is InChI=1S/C15H17NO3S/c1-19-15(18)14-12(9-10-20-14)16-13(17)8-7-11-5-3-2-4-6-11/h2-6H,7-10H2,1H3,(H,16,17). The van der Waals surface area contributed by atoms with Gasteiger partial charge in [0.1, 0.15) is 4.91 Å². The van der Waals surface area contributed by atoms with Crippen molar-refractivity contribution in [2.45, 2.75) is 19.3 Å². The van der Waals surface area contributed by atoms with Gasteiger partial charge in [0.15, 0.2) is 0 Å². The fraction of sp³-hybridized carbons (Fsp3) is 0.333. The quantitative estimate of drug-likeness (QED) is 0.845.